The van der Waals surface area contributed by atoms with Crippen molar-refractivity contribution >= 4 is 0 Å². The average Bonchev–Trinajstić information content (AvgIpc) is 2.02. The monoisotopic (exact) mass is 188 g/mol. The molecular weight excluding hydrogens is 177 g/mol. The summed E-state index contributed by atoms with van der Waals surface area (Å²) in [5, 5.41) is 0. The summed E-state index contributed by atoms with van der Waals surface area (Å²) in [5.41, 5.74) is 0.754. The zero-order valence-corrected chi connectivity index (χ0v) is 7.52. The Morgan fingerprint density at radius 1 is 1.46 bits per heavy atom. The second-order valence-electron chi connectivity index (χ2n) is 2.58. The molecule has 0 amide bonds. The van der Waals surface area contributed by atoms with Gasteiger partial charge in [-0.15, -0.1) is 6.42 Å². The molecular formula is C10H11F3. The summed E-state index contributed by atoms with van der Waals surface area (Å²) < 4.78 is 36.2. The Labute approximate surface area is 76.1 Å². The van der Waals surface area contributed by atoms with Gasteiger partial charge in [0.1, 0.15) is 5.92 Å². The highest BCUT2D eigenvalue weighted by molar-refractivity contribution is 5.19. The van der Waals surface area contributed by atoms with E-state index in [1.165, 1.54) is 6.08 Å². The van der Waals surface area contributed by atoms with Crippen molar-refractivity contribution in [2.75, 3.05) is 0 Å². The minimum Gasteiger partial charge on any atom is -0.169 e. The predicted octanol–water partition coefficient (Wildman–Crippen LogP) is 3.32. The van der Waals surface area contributed by atoms with Gasteiger partial charge in [-0.1, -0.05) is 29.7 Å². The minimum absolute atomic E-state index is 0.754. The Kier molecular flexibility index (Phi) is 4.33. The van der Waals surface area contributed by atoms with Gasteiger partial charge in [0.2, 0.25) is 0 Å². The molecule has 0 aromatic rings. The van der Waals surface area contributed by atoms with Gasteiger partial charge in [-0.25, -0.2) is 0 Å². The van der Waals surface area contributed by atoms with Crippen LogP contribution in [0.5, 0.6) is 0 Å². The van der Waals surface area contributed by atoms with Crippen LogP contribution in [0.15, 0.2) is 23.8 Å². The van der Waals surface area contributed by atoms with Gasteiger partial charge in [-0.3, -0.25) is 0 Å². The van der Waals surface area contributed by atoms with Crippen LogP contribution in [0, 0.1) is 18.3 Å². The van der Waals surface area contributed by atoms with Crippen molar-refractivity contribution in [1.82, 2.24) is 0 Å². The van der Waals surface area contributed by atoms with Gasteiger partial charge in [0.05, 0.1) is 0 Å². The van der Waals surface area contributed by atoms with Crippen molar-refractivity contribution < 1.29 is 13.2 Å². The molecule has 0 heterocycles. The van der Waals surface area contributed by atoms with E-state index >= 15 is 0 Å². The fourth-order valence-corrected chi connectivity index (χ4v) is 0.603. The van der Waals surface area contributed by atoms with Crippen LogP contribution in [-0.2, 0) is 0 Å². The molecule has 0 aliphatic heterocycles. The van der Waals surface area contributed by atoms with E-state index in [1.807, 2.05) is 0 Å². The van der Waals surface area contributed by atoms with E-state index in [-0.39, 0.29) is 0 Å². The van der Waals surface area contributed by atoms with E-state index in [4.69, 9.17) is 6.42 Å². The zero-order valence-electron chi connectivity index (χ0n) is 7.52. The fourth-order valence-electron chi connectivity index (χ4n) is 0.603. The molecule has 0 nitrogen and oxygen atoms in total. The molecule has 0 saturated heterocycles. The maximum absolute atomic E-state index is 12.1. The number of alkyl halides is 3. The number of rotatable bonds is 2. The van der Waals surface area contributed by atoms with E-state index < -0.39 is 12.1 Å². The lowest BCUT2D eigenvalue weighted by atomic mass is 10.1. The predicted molar refractivity (Wildman–Crippen MR) is 46.9 cm³/mol. The van der Waals surface area contributed by atoms with Crippen LogP contribution in [-0.4, -0.2) is 6.18 Å². The van der Waals surface area contributed by atoms with Crippen LogP contribution >= 0.6 is 0 Å². The lowest BCUT2D eigenvalue weighted by molar-refractivity contribution is -0.146. The SMILES string of the molecule is C#C[C@H](/C=C\C(C)=C/C)C(F)(F)F. The second-order valence-corrected chi connectivity index (χ2v) is 2.58. The molecule has 0 spiro atoms. The standard InChI is InChI=1S/C10H11F3/c1-4-8(3)6-7-9(5-2)10(11,12)13/h2,4,6-7,9H,1,3H3/b7-6-,8-4-/t9-/m1/s1. The highest BCUT2D eigenvalue weighted by Gasteiger charge is 2.36. The third kappa shape index (κ3) is 4.41. The van der Waals surface area contributed by atoms with Crippen LogP contribution in [0.4, 0.5) is 13.2 Å². The van der Waals surface area contributed by atoms with Crippen molar-refractivity contribution in [2.24, 2.45) is 5.92 Å². The maximum Gasteiger partial charge on any atom is 0.405 e. The molecule has 13 heavy (non-hydrogen) atoms. The molecule has 0 rings (SSSR count). The summed E-state index contributed by atoms with van der Waals surface area (Å²) in [7, 11) is 0. The first-order valence-corrected chi connectivity index (χ1v) is 3.75. The van der Waals surface area contributed by atoms with E-state index in [0.717, 1.165) is 11.6 Å². The van der Waals surface area contributed by atoms with Crippen LogP contribution in [0.25, 0.3) is 0 Å². The van der Waals surface area contributed by atoms with E-state index in [2.05, 4.69) is 0 Å². The molecule has 0 aliphatic rings. The summed E-state index contributed by atoms with van der Waals surface area (Å²) in [4.78, 5) is 0. The number of hydrogen-bond donors (Lipinski definition) is 0. The Balaban J connectivity index is 4.51. The molecule has 72 valence electrons. The van der Waals surface area contributed by atoms with Crippen LogP contribution in [0.1, 0.15) is 13.8 Å². The van der Waals surface area contributed by atoms with Crippen molar-refractivity contribution in [3.05, 3.63) is 23.8 Å². The highest BCUT2D eigenvalue weighted by Crippen LogP contribution is 2.26. The molecule has 0 radical (unpaired) electrons. The van der Waals surface area contributed by atoms with Gasteiger partial charge >= 0.3 is 6.18 Å². The number of terminal acetylenes is 1. The molecule has 0 unspecified atom stereocenters. The van der Waals surface area contributed by atoms with E-state index in [1.54, 1.807) is 25.8 Å². The van der Waals surface area contributed by atoms with E-state index in [0.29, 0.717) is 0 Å². The first-order chi connectivity index (χ1) is 5.91. The lowest BCUT2D eigenvalue weighted by Crippen LogP contribution is -2.18. The van der Waals surface area contributed by atoms with E-state index in [9.17, 15) is 13.2 Å². The Morgan fingerprint density at radius 3 is 2.31 bits per heavy atom. The van der Waals surface area contributed by atoms with Crippen LogP contribution in [0.2, 0.25) is 0 Å². The largest absolute Gasteiger partial charge is 0.405 e. The van der Waals surface area contributed by atoms with Gasteiger partial charge in [0, 0.05) is 0 Å². The maximum atomic E-state index is 12.1. The molecule has 1 atom stereocenters. The molecule has 0 aliphatic carbocycles. The summed E-state index contributed by atoms with van der Waals surface area (Å²) >= 11 is 0. The Morgan fingerprint density at radius 2 is 2.00 bits per heavy atom. The molecule has 3 heteroatoms. The van der Waals surface area contributed by atoms with Crippen molar-refractivity contribution in [1.29, 1.82) is 0 Å². The minimum atomic E-state index is -4.35. The second kappa shape index (κ2) is 4.76. The molecule has 0 bridgehead atoms. The fraction of sp³-hybridized carbons (Fsp3) is 0.400. The quantitative estimate of drug-likeness (QED) is 0.460. The number of halogens is 3. The molecule has 0 fully saturated rings. The van der Waals surface area contributed by atoms with Gasteiger partial charge in [-0.05, 0) is 13.8 Å². The highest BCUT2D eigenvalue weighted by atomic mass is 19.4. The Hall–Kier alpha value is -1.17. The molecule has 0 aromatic carbocycles. The van der Waals surface area contributed by atoms with Crippen molar-refractivity contribution in [3.63, 3.8) is 0 Å². The molecule has 0 N–H and O–H groups in total. The van der Waals surface area contributed by atoms with Gasteiger partial charge in [-0.2, -0.15) is 13.2 Å². The van der Waals surface area contributed by atoms with Crippen LogP contribution in [0.3, 0.4) is 0 Å². The Bertz CT molecular complexity index is 250. The smallest absolute Gasteiger partial charge is 0.169 e. The molecule has 0 saturated carbocycles. The third-order valence-corrected chi connectivity index (χ3v) is 1.54. The zero-order chi connectivity index (χ0) is 10.5. The summed E-state index contributed by atoms with van der Waals surface area (Å²) in [6, 6.07) is 0. The van der Waals surface area contributed by atoms with Gasteiger partial charge in [0.25, 0.3) is 0 Å². The summed E-state index contributed by atoms with van der Waals surface area (Å²) in [5.74, 6) is -0.107. The lowest BCUT2D eigenvalue weighted by Gasteiger charge is -2.09. The molecule has 0 aromatic heterocycles. The number of allylic oxidation sites excluding steroid dienone is 4. The average molecular weight is 188 g/mol. The summed E-state index contributed by atoms with van der Waals surface area (Å²) in [6.07, 6.45) is 4.46. The van der Waals surface area contributed by atoms with Gasteiger partial charge < -0.3 is 0 Å². The topological polar surface area (TPSA) is 0 Å². The van der Waals surface area contributed by atoms with Crippen LogP contribution < -0.4 is 0 Å². The third-order valence-electron chi connectivity index (χ3n) is 1.54. The van der Waals surface area contributed by atoms with Crippen molar-refractivity contribution in [2.45, 2.75) is 20.0 Å². The van der Waals surface area contributed by atoms with Crippen molar-refractivity contribution in [3.8, 4) is 12.3 Å². The first-order valence-electron chi connectivity index (χ1n) is 3.75. The first kappa shape index (κ1) is 11.8. The van der Waals surface area contributed by atoms with Gasteiger partial charge in [0.15, 0.2) is 0 Å². The normalized spacial score (nSPS) is 15.8. The summed E-state index contributed by atoms with van der Waals surface area (Å²) in [6.45, 7) is 3.46. The number of hydrogen-bond acceptors (Lipinski definition) is 0.